The Balaban J connectivity index is 1.42. The number of pyridine rings is 1. The number of thiophene rings is 1. The van der Waals surface area contributed by atoms with E-state index in [2.05, 4.69) is 20.9 Å². The maximum absolute atomic E-state index is 13.3. The first-order valence-electron chi connectivity index (χ1n) is 11.5. The number of carboxylic acid groups (broad SMARTS) is 1. The molecule has 0 bridgehead atoms. The minimum Gasteiger partial charge on any atom is -0.481 e. The summed E-state index contributed by atoms with van der Waals surface area (Å²) in [4.78, 5) is 41.6. The number of aryl methyl sites for hydroxylation is 1. The maximum atomic E-state index is 13.3. The molecular weight excluding hydrogens is 476 g/mol. The highest BCUT2D eigenvalue weighted by Gasteiger charge is 2.35. The first-order chi connectivity index (χ1) is 17.4. The van der Waals surface area contributed by atoms with Crippen molar-refractivity contribution < 1.29 is 19.5 Å². The summed E-state index contributed by atoms with van der Waals surface area (Å²) in [6, 6.07) is 16.8. The Labute approximate surface area is 211 Å². The first kappa shape index (κ1) is 23.5. The van der Waals surface area contributed by atoms with Crippen molar-refractivity contribution in [1.82, 2.24) is 10.3 Å². The second kappa shape index (κ2) is 9.79. The minimum absolute atomic E-state index is 0.196. The molecule has 1 fully saturated rings. The lowest BCUT2D eigenvalue weighted by Crippen LogP contribution is -2.46. The number of carbonyl (C=O) groups is 3. The van der Waals surface area contributed by atoms with Crippen LogP contribution in [-0.2, 0) is 4.79 Å². The zero-order valence-electron chi connectivity index (χ0n) is 19.4. The predicted octanol–water partition coefficient (Wildman–Crippen LogP) is 5.19. The van der Waals surface area contributed by atoms with Gasteiger partial charge in [-0.15, -0.1) is 11.3 Å². The first-order valence-corrected chi connectivity index (χ1v) is 12.4. The van der Waals surface area contributed by atoms with Gasteiger partial charge in [-0.05, 0) is 43.5 Å². The fraction of sp³-hybridized carbons (Fsp3) is 0.185. The second-order valence-corrected chi connectivity index (χ2v) is 9.75. The van der Waals surface area contributed by atoms with Crippen LogP contribution in [0.2, 0.25) is 0 Å². The van der Waals surface area contributed by atoms with Crippen LogP contribution in [-0.4, -0.2) is 33.9 Å². The van der Waals surface area contributed by atoms with Crippen molar-refractivity contribution in [1.29, 1.82) is 0 Å². The van der Waals surface area contributed by atoms with Crippen molar-refractivity contribution >= 4 is 56.4 Å². The number of benzene rings is 2. The van der Waals surface area contributed by atoms with Crippen molar-refractivity contribution in [2.24, 2.45) is 5.92 Å². The van der Waals surface area contributed by atoms with Gasteiger partial charge in [-0.3, -0.25) is 14.4 Å². The standard InChI is InChI=1S/C27H24N4O4S/c1-15-6-2-4-8-21(15)30-24-22(31-26(33)20-14-36-23-9-5-3-7-19(20)23)12-17(13-28-24)25(32)29-18-10-16(11-18)27(34)35/h2-9,12-14,16,18H,10-11H2,1H3,(H,28,30)(H,29,32)(H,31,33)(H,34,35)/t16-,18-. The van der Waals surface area contributed by atoms with Gasteiger partial charge in [0, 0.05) is 33.4 Å². The number of fused-ring (bicyclic) bond motifs is 1. The average Bonchev–Trinajstić information content (AvgIpc) is 3.27. The molecule has 0 unspecified atom stereocenters. The number of aromatic nitrogens is 1. The zero-order chi connectivity index (χ0) is 25.2. The lowest BCUT2D eigenvalue weighted by atomic mass is 9.80. The number of para-hydroxylation sites is 1. The van der Waals surface area contributed by atoms with Gasteiger partial charge in [0.25, 0.3) is 11.8 Å². The molecule has 4 aromatic rings. The molecule has 2 heterocycles. The molecule has 8 nitrogen and oxygen atoms in total. The summed E-state index contributed by atoms with van der Waals surface area (Å²) in [5.41, 5.74) is 3.01. The van der Waals surface area contributed by atoms with E-state index in [4.69, 9.17) is 5.11 Å². The van der Waals surface area contributed by atoms with E-state index < -0.39 is 11.9 Å². The Morgan fingerprint density at radius 3 is 2.53 bits per heavy atom. The maximum Gasteiger partial charge on any atom is 0.306 e. The molecule has 0 saturated heterocycles. The molecule has 1 saturated carbocycles. The Hall–Kier alpha value is -4.24. The fourth-order valence-corrected chi connectivity index (χ4v) is 5.11. The third kappa shape index (κ3) is 4.78. The summed E-state index contributed by atoms with van der Waals surface area (Å²) in [7, 11) is 0. The van der Waals surface area contributed by atoms with E-state index in [1.807, 2.05) is 60.8 Å². The van der Waals surface area contributed by atoms with Crippen LogP contribution in [0.4, 0.5) is 17.2 Å². The summed E-state index contributed by atoms with van der Waals surface area (Å²) in [5, 5.41) is 20.8. The van der Waals surface area contributed by atoms with Gasteiger partial charge in [0.05, 0.1) is 22.7 Å². The van der Waals surface area contributed by atoms with E-state index in [1.165, 1.54) is 17.5 Å². The van der Waals surface area contributed by atoms with Gasteiger partial charge in [0.15, 0.2) is 5.82 Å². The highest BCUT2D eigenvalue weighted by Crippen LogP contribution is 2.31. The second-order valence-electron chi connectivity index (χ2n) is 8.84. The number of hydrogen-bond donors (Lipinski definition) is 4. The van der Waals surface area contributed by atoms with Crippen LogP contribution >= 0.6 is 11.3 Å². The number of anilines is 3. The molecule has 1 aliphatic rings. The van der Waals surface area contributed by atoms with Crippen LogP contribution in [0.1, 0.15) is 39.1 Å². The fourth-order valence-electron chi connectivity index (χ4n) is 4.17. The number of rotatable bonds is 7. The third-order valence-electron chi connectivity index (χ3n) is 6.34. The van der Waals surface area contributed by atoms with Crippen LogP contribution < -0.4 is 16.0 Å². The van der Waals surface area contributed by atoms with Crippen LogP contribution in [0, 0.1) is 12.8 Å². The quantitative estimate of drug-likeness (QED) is 0.277. The molecule has 2 aromatic carbocycles. The molecular formula is C27H24N4O4S. The van der Waals surface area contributed by atoms with E-state index >= 15 is 0 Å². The largest absolute Gasteiger partial charge is 0.481 e. The number of aliphatic carboxylic acids is 1. The van der Waals surface area contributed by atoms with Gasteiger partial charge >= 0.3 is 5.97 Å². The van der Waals surface area contributed by atoms with Crippen LogP contribution in [0.5, 0.6) is 0 Å². The molecule has 4 N–H and O–H groups in total. The van der Waals surface area contributed by atoms with Crippen molar-refractivity contribution in [2.75, 3.05) is 10.6 Å². The van der Waals surface area contributed by atoms with Crippen LogP contribution in [0.15, 0.2) is 66.2 Å². The minimum atomic E-state index is -0.847. The summed E-state index contributed by atoms with van der Waals surface area (Å²) in [6.07, 6.45) is 2.24. The molecule has 182 valence electrons. The highest BCUT2D eigenvalue weighted by molar-refractivity contribution is 7.17. The molecule has 2 amide bonds. The third-order valence-corrected chi connectivity index (χ3v) is 7.31. The van der Waals surface area contributed by atoms with Crippen molar-refractivity contribution in [3.05, 3.63) is 82.9 Å². The summed E-state index contributed by atoms with van der Waals surface area (Å²) >= 11 is 1.49. The Kier molecular flexibility index (Phi) is 6.39. The van der Waals surface area contributed by atoms with E-state index in [0.717, 1.165) is 21.3 Å². The Morgan fingerprint density at radius 1 is 1.00 bits per heavy atom. The van der Waals surface area contributed by atoms with Gasteiger partial charge in [-0.2, -0.15) is 0 Å². The summed E-state index contributed by atoms with van der Waals surface area (Å²) in [5.74, 6) is -1.54. The van der Waals surface area contributed by atoms with E-state index in [9.17, 15) is 14.4 Å². The Bertz CT molecular complexity index is 1480. The van der Waals surface area contributed by atoms with Crippen molar-refractivity contribution in [2.45, 2.75) is 25.8 Å². The lowest BCUT2D eigenvalue weighted by molar-refractivity contribution is -0.145. The van der Waals surface area contributed by atoms with E-state index in [0.29, 0.717) is 29.9 Å². The average molecular weight is 501 g/mol. The van der Waals surface area contributed by atoms with Gasteiger partial charge in [-0.1, -0.05) is 36.4 Å². The number of nitrogens with one attached hydrogen (secondary N) is 3. The molecule has 0 spiro atoms. The van der Waals surface area contributed by atoms with Gasteiger partial charge < -0.3 is 21.1 Å². The molecule has 0 radical (unpaired) electrons. The van der Waals surface area contributed by atoms with Crippen LogP contribution in [0.3, 0.4) is 0 Å². The van der Waals surface area contributed by atoms with Gasteiger partial charge in [-0.25, -0.2) is 4.98 Å². The Morgan fingerprint density at radius 2 is 1.75 bits per heavy atom. The molecule has 0 atom stereocenters. The van der Waals surface area contributed by atoms with E-state index in [-0.39, 0.29) is 23.4 Å². The van der Waals surface area contributed by atoms with Gasteiger partial charge in [0.2, 0.25) is 0 Å². The normalized spacial score (nSPS) is 16.7. The van der Waals surface area contributed by atoms with Gasteiger partial charge in [0.1, 0.15) is 0 Å². The van der Waals surface area contributed by atoms with Crippen molar-refractivity contribution in [3.8, 4) is 0 Å². The molecule has 2 aromatic heterocycles. The molecule has 1 aliphatic carbocycles. The molecule has 5 rings (SSSR count). The number of carboxylic acids is 1. The lowest BCUT2D eigenvalue weighted by Gasteiger charge is -2.32. The number of carbonyl (C=O) groups excluding carboxylic acids is 2. The predicted molar refractivity (Wildman–Crippen MR) is 140 cm³/mol. The number of hydrogen-bond acceptors (Lipinski definition) is 6. The molecule has 36 heavy (non-hydrogen) atoms. The van der Waals surface area contributed by atoms with Crippen molar-refractivity contribution in [3.63, 3.8) is 0 Å². The van der Waals surface area contributed by atoms with E-state index in [1.54, 1.807) is 6.07 Å². The number of nitrogens with zero attached hydrogens (tertiary/aromatic N) is 1. The number of amides is 2. The highest BCUT2D eigenvalue weighted by atomic mass is 32.1. The SMILES string of the molecule is Cc1ccccc1Nc1ncc(C(=O)N[C@H]2C[C@H](C(=O)O)C2)cc1NC(=O)c1csc2ccccc12. The topological polar surface area (TPSA) is 120 Å². The summed E-state index contributed by atoms with van der Waals surface area (Å²) < 4.78 is 1.01. The zero-order valence-corrected chi connectivity index (χ0v) is 20.3. The monoisotopic (exact) mass is 500 g/mol. The molecule has 0 aliphatic heterocycles. The molecule has 9 heteroatoms. The summed E-state index contributed by atoms with van der Waals surface area (Å²) in [6.45, 7) is 1.96. The smallest absolute Gasteiger partial charge is 0.306 e. The van der Waals surface area contributed by atoms with Crippen LogP contribution in [0.25, 0.3) is 10.1 Å².